The van der Waals surface area contributed by atoms with E-state index < -0.39 is 136 Å². The summed E-state index contributed by atoms with van der Waals surface area (Å²) in [4.78, 5) is 192. The molecule has 0 saturated heterocycles. The summed E-state index contributed by atoms with van der Waals surface area (Å²) in [6, 6.07) is -1.13. The highest BCUT2D eigenvalue weighted by Gasteiger charge is 2.43. The highest BCUT2D eigenvalue weighted by Crippen LogP contribution is 2.27. The van der Waals surface area contributed by atoms with E-state index in [1.165, 1.54) is 90.2 Å². The summed E-state index contributed by atoms with van der Waals surface area (Å²) in [5, 5.41) is 15.5. The summed E-state index contributed by atoms with van der Waals surface area (Å²) < 4.78 is 10.8. The first-order valence-corrected chi connectivity index (χ1v) is 41.1. The molecule has 0 aliphatic heterocycles. The molecule has 1 rings (SSSR count). The molecule has 1 aromatic rings. The first-order valence-electron chi connectivity index (χ1n) is 40.1. The maximum atomic E-state index is 15.5. The van der Waals surface area contributed by atoms with Crippen molar-refractivity contribution in [2.75, 3.05) is 68.2 Å². The van der Waals surface area contributed by atoms with Crippen LogP contribution in [0.1, 0.15) is 245 Å². The number of esters is 1. The summed E-state index contributed by atoms with van der Waals surface area (Å²) in [7, 11) is 10.5. The Balaban J connectivity index is 3.66. The Hall–Kier alpha value is -7.52. The van der Waals surface area contributed by atoms with Gasteiger partial charge in [-0.3, -0.25) is 52.7 Å². The molecule has 6 N–H and O–H groups in total. The van der Waals surface area contributed by atoms with Crippen molar-refractivity contribution in [3.05, 3.63) is 35.9 Å². The highest BCUT2D eigenvalue weighted by molar-refractivity contribution is 8.00. The molecule has 0 bridgehead atoms. The van der Waals surface area contributed by atoms with E-state index in [0.717, 1.165) is 32.1 Å². The molecule has 12 amide bonds. The molecule has 28 heteroatoms. The Morgan fingerprint density at radius 1 is 0.455 bits per heavy atom. The van der Waals surface area contributed by atoms with Crippen LogP contribution in [0.15, 0.2) is 30.3 Å². The summed E-state index contributed by atoms with van der Waals surface area (Å²) >= 11 is 1.20. The number of rotatable bonds is 50. The summed E-state index contributed by atoms with van der Waals surface area (Å²) in [5.41, 5.74) is -0.149. The van der Waals surface area contributed by atoms with Crippen LogP contribution < -0.4 is 31.9 Å². The van der Waals surface area contributed by atoms with E-state index in [4.69, 9.17) is 9.47 Å². The third-order valence-electron chi connectivity index (χ3n) is 19.3. The van der Waals surface area contributed by atoms with Gasteiger partial charge in [-0.2, -0.15) is 0 Å². The maximum absolute atomic E-state index is 15.5. The second-order valence-electron chi connectivity index (χ2n) is 33.3. The molecule has 628 valence electrons. The Morgan fingerprint density at radius 3 is 1.44 bits per heavy atom. The van der Waals surface area contributed by atoms with Gasteiger partial charge in [0.2, 0.25) is 59.1 Å². The van der Waals surface area contributed by atoms with Crippen LogP contribution in [0, 0.1) is 41.4 Å². The van der Waals surface area contributed by atoms with Crippen LogP contribution in [0.2, 0.25) is 0 Å². The Labute approximate surface area is 663 Å². The van der Waals surface area contributed by atoms with Crippen LogP contribution >= 0.6 is 11.8 Å². The third kappa shape index (κ3) is 35.9. The van der Waals surface area contributed by atoms with Gasteiger partial charge in [0.1, 0.15) is 60.0 Å². The fraction of sp³-hybridized carbons (Fsp3) is 0.768. The van der Waals surface area contributed by atoms with Crippen molar-refractivity contribution < 1.29 is 71.8 Å². The molecule has 11 atom stereocenters. The molecule has 110 heavy (non-hydrogen) atoms. The van der Waals surface area contributed by atoms with Gasteiger partial charge in [-0.1, -0.05) is 154 Å². The average molecular weight is 1570 g/mol. The largest absolute Gasteiger partial charge is 0.462 e. The number of amides is 12. The normalized spacial score (nSPS) is 14.7. The van der Waals surface area contributed by atoms with Gasteiger partial charge in [0.15, 0.2) is 5.37 Å². The predicted molar refractivity (Wildman–Crippen MR) is 434 cm³/mol. The lowest BCUT2D eigenvalue weighted by Gasteiger charge is -2.37. The second kappa shape index (κ2) is 50.5. The van der Waals surface area contributed by atoms with Gasteiger partial charge in [-0.05, 0) is 152 Å². The highest BCUT2D eigenvalue weighted by atomic mass is 32.2. The number of likely N-dealkylation sites (N-methyl/N-ethyl adjacent to an activating group) is 7. The molecule has 0 saturated carbocycles. The molecule has 1 aromatic carbocycles. The van der Waals surface area contributed by atoms with E-state index in [2.05, 4.69) is 31.9 Å². The van der Waals surface area contributed by atoms with Crippen LogP contribution in [0.3, 0.4) is 0 Å². The van der Waals surface area contributed by atoms with Crippen LogP contribution in [-0.4, -0.2) is 240 Å². The first-order chi connectivity index (χ1) is 51.2. The summed E-state index contributed by atoms with van der Waals surface area (Å²) in [6.07, 6.45) is 7.76. The monoisotopic (exact) mass is 1570 g/mol. The zero-order valence-corrected chi connectivity index (χ0v) is 72.7. The molecule has 0 radical (unpaired) electrons. The minimum Gasteiger partial charge on any atom is -0.462 e. The fourth-order valence-electron chi connectivity index (χ4n) is 12.8. The predicted octanol–water partition coefficient (Wildman–Crippen LogP) is 9.58. The Bertz CT molecular complexity index is 3070. The van der Waals surface area contributed by atoms with Crippen LogP contribution in [0.5, 0.6) is 0 Å². The molecule has 2 unspecified atom stereocenters. The van der Waals surface area contributed by atoms with E-state index in [1.54, 1.807) is 59.1 Å². The van der Waals surface area contributed by atoms with E-state index in [-0.39, 0.29) is 86.0 Å². The standard InChI is InChI=1S/C82H144N12O15S/c1-27-61(87-72(99)65(89(21)67(95)49-55(10)11)50-57(14)39-33-28-29-36-42-84-81(107)109-82(17,18)19)75(102)94(26)79(110-44-38-31-30-37-43-108-80(106)60-40-34-32-35-41-60)78(105)92(24)64(47-53(6)7)73(100)88-68(56(12)13)77(104)91(23)63(46-52(4)5)71(98)85-58(15)69(96)86-59(16)74(101)93(25)66(48-54(8)9)76(103)90(22)62(45-51(2)3)70(97)83-20/h32,34-35,40-41,51-59,61-66,68,79H,27-31,33,36-39,42-50H2,1-26H3,(H,83,97)(H,84,107)(H,85,98)(H,86,96)(H,87,99)(H,88,100)/t57-,58-,59?,61+,62+,63+,64+,65?,66+,68+,79-/m1/s1. The zero-order chi connectivity index (χ0) is 84.2. The number of nitrogens with one attached hydrogen (secondary N) is 6. The van der Waals surface area contributed by atoms with Gasteiger partial charge in [0, 0.05) is 62.3 Å². The lowest BCUT2D eigenvalue weighted by Crippen LogP contribution is -2.61. The molecule has 0 spiro atoms. The van der Waals surface area contributed by atoms with Crippen molar-refractivity contribution in [2.24, 2.45) is 41.4 Å². The summed E-state index contributed by atoms with van der Waals surface area (Å²) in [5.74, 6) is -6.87. The van der Waals surface area contributed by atoms with E-state index >= 15 is 14.4 Å². The van der Waals surface area contributed by atoms with Gasteiger partial charge in [0.05, 0.1) is 12.2 Å². The quantitative estimate of drug-likeness (QED) is 0.0201. The Morgan fingerprint density at radius 2 is 0.918 bits per heavy atom. The first kappa shape index (κ1) is 100. The number of alkyl carbamates (subject to hydrolysis) is 1. The number of carbonyl (C=O) groups excluding carboxylic acids is 13. The number of ether oxygens (including phenoxy) is 2. The van der Waals surface area contributed by atoms with Crippen molar-refractivity contribution in [3.63, 3.8) is 0 Å². The molecule has 27 nitrogen and oxygen atoms in total. The van der Waals surface area contributed by atoms with Crippen molar-refractivity contribution in [3.8, 4) is 0 Å². The van der Waals surface area contributed by atoms with Crippen LogP contribution in [0.25, 0.3) is 0 Å². The second-order valence-corrected chi connectivity index (χ2v) is 34.5. The van der Waals surface area contributed by atoms with Gasteiger partial charge >= 0.3 is 12.1 Å². The molecule has 0 aliphatic carbocycles. The van der Waals surface area contributed by atoms with Crippen LogP contribution in [0.4, 0.5) is 4.79 Å². The van der Waals surface area contributed by atoms with Crippen LogP contribution in [-0.2, 0) is 62.2 Å². The maximum Gasteiger partial charge on any atom is 0.407 e. The number of hydrogen-bond acceptors (Lipinski definition) is 16. The van der Waals surface area contributed by atoms with Gasteiger partial charge in [-0.15, -0.1) is 11.8 Å². The molecule has 0 heterocycles. The molecule has 0 aromatic heterocycles. The molecule has 0 fully saturated rings. The van der Waals surface area contributed by atoms with Crippen molar-refractivity contribution in [2.45, 2.75) is 300 Å². The van der Waals surface area contributed by atoms with Crippen molar-refractivity contribution >= 4 is 88.8 Å². The lowest BCUT2D eigenvalue weighted by atomic mass is 9.93. The van der Waals surface area contributed by atoms with Gasteiger partial charge < -0.3 is 70.8 Å². The molecular weight excluding hydrogens is 1430 g/mol. The Kier molecular flexibility index (Phi) is 46.1. The van der Waals surface area contributed by atoms with Gasteiger partial charge in [0.25, 0.3) is 5.91 Å². The topological polar surface area (TPSA) is 332 Å². The average Bonchev–Trinajstić information content (AvgIpc) is 0.820. The van der Waals surface area contributed by atoms with E-state index in [1.807, 2.05) is 103 Å². The summed E-state index contributed by atoms with van der Waals surface area (Å²) in [6.45, 7) is 35.3. The number of carbonyl (C=O) groups is 13. The van der Waals surface area contributed by atoms with E-state index in [0.29, 0.717) is 56.4 Å². The third-order valence-corrected chi connectivity index (χ3v) is 20.7. The lowest BCUT2D eigenvalue weighted by molar-refractivity contribution is -0.149. The van der Waals surface area contributed by atoms with Crippen molar-refractivity contribution in [1.82, 2.24) is 61.3 Å². The number of thioether (sulfide) groups is 1. The fourth-order valence-corrected chi connectivity index (χ4v) is 14.0. The van der Waals surface area contributed by atoms with E-state index in [9.17, 15) is 47.9 Å². The van der Waals surface area contributed by atoms with Crippen molar-refractivity contribution in [1.29, 1.82) is 0 Å². The minimum absolute atomic E-state index is 0.00605. The number of hydrogen-bond donors (Lipinski definition) is 6. The number of nitrogens with zero attached hydrogens (tertiary/aromatic N) is 6. The van der Waals surface area contributed by atoms with Gasteiger partial charge in [-0.25, -0.2) is 9.59 Å². The minimum atomic E-state index is -1.24. The number of unbranched alkanes of at least 4 members (excludes halogenated alkanes) is 6. The number of benzene rings is 1. The molecular formula is C82H144N12O15S. The smallest absolute Gasteiger partial charge is 0.407 e. The zero-order valence-electron chi connectivity index (χ0n) is 71.9. The molecule has 0 aliphatic rings. The SMILES string of the molecule is CC[C@H](NC(=O)C(C[C@H](C)CCCCCCNC(=O)OC(C)(C)C)N(C)C(=O)CC(C)C)C(=O)N(C)[C@H](SCCCCCCOC(=O)c1ccccc1)C(=O)N(C)[C@@H](CC(C)C)C(=O)N[C@H](C(=O)N(C)[C@@H](CC(C)C)C(=O)N[C@H](C)C(=O)NC(C)C(=O)N(C)[C@@H](CC(C)C)C(=O)N(C)[C@@H](CC(C)C)C(=O)NC)C(C)C.